The average molecular weight is 406 g/mol. The summed E-state index contributed by atoms with van der Waals surface area (Å²) in [6, 6.07) is 3.46. The second-order valence-electron chi connectivity index (χ2n) is 6.51. The van der Waals surface area contributed by atoms with Gasteiger partial charge in [-0.1, -0.05) is 6.08 Å². The van der Waals surface area contributed by atoms with Gasteiger partial charge in [-0.05, 0) is 24.6 Å². The maximum absolute atomic E-state index is 12.3. The summed E-state index contributed by atoms with van der Waals surface area (Å²) in [5.41, 5.74) is 0.294. The molecule has 2 aliphatic heterocycles. The lowest BCUT2D eigenvalue weighted by Gasteiger charge is -2.11. The Kier molecular flexibility index (Phi) is 5.32. The largest absolute Gasteiger partial charge is 0.452 e. The number of carbonyl (C=O) groups excluding carboxylic acids is 4. The fourth-order valence-corrected chi connectivity index (χ4v) is 4.78. The van der Waals surface area contributed by atoms with Gasteiger partial charge in [0.2, 0.25) is 0 Å². The van der Waals surface area contributed by atoms with Crippen LogP contribution in [0, 0.1) is 0 Å². The van der Waals surface area contributed by atoms with Gasteiger partial charge in [0.15, 0.2) is 16.4 Å². The fraction of sp³-hybridized carbons (Fsp3) is 0.333. The van der Waals surface area contributed by atoms with Gasteiger partial charge in [-0.15, -0.1) is 6.58 Å². The monoisotopic (exact) mass is 406 g/mol. The van der Waals surface area contributed by atoms with E-state index in [1.807, 2.05) is 0 Å². The normalized spacial score (nSPS) is 20.0. The lowest BCUT2D eigenvalue weighted by Crippen LogP contribution is -2.38. The number of amides is 3. The summed E-state index contributed by atoms with van der Waals surface area (Å²) in [7, 11) is -3.13. The Labute approximate surface area is 161 Å². The third-order valence-corrected chi connectivity index (χ3v) is 6.22. The van der Waals surface area contributed by atoms with Crippen molar-refractivity contribution in [2.45, 2.75) is 12.5 Å². The molecule has 1 aromatic rings. The van der Waals surface area contributed by atoms with E-state index < -0.39 is 46.2 Å². The van der Waals surface area contributed by atoms with Crippen molar-refractivity contribution in [1.82, 2.24) is 10.2 Å². The zero-order valence-electron chi connectivity index (χ0n) is 14.8. The first-order chi connectivity index (χ1) is 13.2. The van der Waals surface area contributed by atoms with Crippen LogP contribution in [0.4, 0.5) is 0 Å². The van der Waals surface area contributed by atoms with Gasteiger partial charge in [0, 0.05) is 12.6 Å². The predicted molar refractivity (Wildman–Crippen MR) is 97.5 cm³/mol. The number of nitrogens with one attached hydrogen (secondary N) is 1. The van der Waals surface area contributed by atoms with E-state index in [0.717, 1.165) is 4.90 Å². The minimum Gasteiger partial charge on any atom is -0.452 e. The number of nitrogens with zero attached hydrogens (tertiary/aromatic N) is 1. The van der Waals surface area contributed by atoms with E-state index in [9.17, 15) is 27.6 Å². The summed E-state index contributed by atoms with van der Waals surface area (Å²) < 4.78 is 27.7. The lowest BCUT2D eigenvalue weighted by molar-refractivity contribution is -0.124. The molecular weight excluding hydrogens is 388 g/mol. The molecule has 3 amide bonds. The van der Waals surface area contributed by atoms with Crippen molar-refractivity contribution in [3.63, 3.8) is 0 Å². The second-order valence-corrected chi connectivity index (χ2v) is 8.74. The van der Waals surface area contributed by atoms with Crippen LogP contribution in [0.3, 0.4) is 0 Å². The van der Waals surface area contributed by atoms with Crippen LogP contribution in [0.1, 0.15) is 37.5 Å². The number of esters is 1. The summed E-state index contributed by atoms with van der Waals surface area (Å²) >= 11 is 0. The van der Waals surface area contributed by atoms with Gasteiger partial charge in [0.25, 0.3) is 17.7 Å². The second kappa shape index (κ2) is 7.55. The molecule has 1 aromatic carbocycles. The number of carbonyl (C=O) groups is 4. The number of fused-ring (bicyclic) bond motifs is 1. The van der Waals surface area contributed by atoms with Gasteiger partial charge in [-0.25, -0.2) is 13.2 Å². The Morgan fingerprint density at radius 1 is 1.25 bits per heavy atom. The van der Waals surface area contributed by atoms with Crippen molar-refractivity contribution < 1.29 is 32.3 Å². The molecule has 10 heteroatoms. The van der Waals surface area contributed by atoms with Crippen LogP contribution in [-0.2, 0) is 19.4 Å². The third-order valence-electron chi connectivity index (χ3n) is 4.45. The molecule has 148 valence electrons. The van der Waals surface area contributed by atoms with Crippen LogP contribution in [0.25, 0.3) is 0 Å². The number of sulfone groups is 1. The molecule has 1 atom stereocenters. The van der Waals surface area contributed by atoms with E-state index in [1.165, 1.54) is 24.3 Å². The summed E-state index contributed by atoms with van der Waals surface area (Å²) in [6.45, 7) is 2.97. The summed E-state index contributed by atoms with van der Waals surface area (Å²) in [5, 5.41) is 2.51. The van der Waals surface area contributed by atoms with E-state index in [0.29, 0.717) is 6.42 Å². The quantitative estimate of drug-likeness (QED) is 0.398. The minimum atomic E-state index is -3.13. The molecule has 0 aliphatic carbocycles. The molecule has 0 spiro atoms. The molecular formula is C18H18N2O7S. The van der Waals surface area contributed by atoms with E-state index in [4.69, 9.17) is 4.74 Å². The molecule has 0 radical (unpaired) electrons. The van der Waals surface area contributed by atoms with Crippen molar-refractivity contribution >= 4 is 33.5 Å². The van der Waals surface area contributed by atoms with E-state index in [2.05, 4.69) is 11.9 Å². The van der Waals surface area contributed by atoms with Gasteiger partial charge in [-0.2, -0.15) is 0 Å². The molecule has 0 unspecified atom stereocenters. The molecule has 2 aliphatic rings. The number of hydrogen-bond acceptors (Lipinski definition) is 7. The fourth-order valence-electron chi connectivity index (χ4n) is 3.11. The summed E-state index contributed by atoms with van der Waals surface area (Å²) in [6.07, 6.45) is 1.75. The van der Waals surface area contributed by atoms with Crippen molar-refractivity contribution in [3.8, 4) is 0 Å². The molecule has 28 heavy (non-hydrogen) atoms. The average Bonchev–Trinajstić information content (AvgIpc) is 3.11. The zero-order valence-corrected chi connectivity index (χ0v) is 15.7. The highest BCUT2D eigenvalue weighted by molar-refractivity contribution is 7.91. The Hall–Kier alpha value is -3.01. The van der Waals surface area contributed by atoms with E-state index in [1.54, 1.807) is 0 Å². The van der Waals surface area contributed by atoms with Gasteiger partial charge >= 0.3 is 5.97 Å². The number of imide groups is 1. The smallest absolute Gasteiger partial charge is 0.338 e. The Morgan fingerprint density at radius 2 is 1.96 bits per heavy atom. The summed E-state index contributed by atoms with van der Waals surface area (Å²) in [4.78, 5) is 49.4. The maximum Gasteiger partial charge on any atom is 0.338 e. The highest BCUT2D eigenvalue weighted by Crippen LogP contribution is 2.24. The van der Waals surface area contributed by atoms with Gasteiger partial charge in [0.05, 0.1) is 28.2 Å². The Morgan fingerprint density at radius 3 is 2.61 bits per heavy atom. The summed E-state index contributed by atoms with van der Waals surface area (Å²) in [5.74, 6) is -2.56. The van der Waals surface area contributed by atoms with Gasteiger partial charge in [0.1, 0.15) is 0 Å². The lowest BCUT2D eigenvalue weighted by atomic mass is 10.1. The van der Waals surface area contributed by atoms with Crippen molar-refractivity contribution in [1.29, 1.82) is 0 Å². The molecule has 1 saturated heterocycles. The Bertz CT molecular complexity index is 984. The molecule has 0 aromatic heterocycles. The van der Waals surface area contributed by atoms with Crippen LogP contribution in [-0.4, -0.2) is 67.7 Å². The first-order valence-electron chi connectivity index (χ1n) is 8.50. The van der Waals surface area contributed by atoms with Crippen molar-refractivity contribution in [2.75, 3.05) is 24.7 Å². The minimum absolute atomic E-state index is 0.0163. The Balaban J connectivity index is 1.60. The molecule has 1 N–H and O–H groups in total. The number of rotatable bonds is 6. The topological polar surface area (TPSA) is 127 Å². The highest BCUT2D eigenvalue weighted by Gasteiger charge is 2.35. The number of benzene rings is 1. The molecule has 1 fully saturated rings. The number of hydrogen-bond donors (Lipinski definition) is 1. The van der Waals surface area contributed by atoms with Crippen LogP contribution in [0.15, 0.2) is 30.9 Å². The highest BCUT2D eigenvalue weighted by atomic mass is 32.2. The standard InChI is InChI=1S/C18H18N2O7S/c1-2-6-20-16(22)13-4-3-11(8-14(13)17(20)23)18(24)27-9-15(21)19-12-5-7-28(25,26)10-12/h2-4,8,12H,1,5-7,9-10H2,(H,19,21)/t12-/m1/s1. The molecule has 3 rings (SSSR count). The zero-order chi connectivity index (χ0) is 20.5. The van der Waals surface area contributed by atoms with Crippen molar-refractivity contribution in [3.05, 3.63) is 47.5 Å². The van der Waals surface area contributed by atoms with Crippen LogP contribution >= 0.6 is 0 Å². The van der Waals surface area contributed by atoms with Gasteiger partial charge < -0.3 is 10.1 Å². The van der Waals surface area contributed by atoms with E-state index >= 15 is 0 Å². The van der Waals surface area contributed by atoms with Crippen LogP contribution in [0.2, 0.25) is 0 Å². The third kappa shape index (κ3) is 3.96. The predicted octanol–water partition coefficient (Wildman–Crippen LogP) is -0.0713. The number of ether oxygens (including phenoxy) is 1. The molecule has 2 heterocycles. The molecule has 0 bridgehead atoms. The van der Waals surface area contributed by atoms with Crippen molar-refractivity contribution in [2.24, 2.45) is 0 Å². The van der Waals surface area contributed by atoms with Gasteiger partial charge in [-0.3, -0.25) is 19.3 Å². The van der Waals surface area contributed by atoms with Crippen LogP contribution in [0.5, 0.6) is 0 Å². The molecule has 9 nitrogen and oxygen atoms in total. The first-order valence-corrected chi connectivity index (χ1v) is 10.3. The maximum atomic E-state index is 12.3. The van der Waals surface area contributed by atoms with E-state index in [-0.39, 0.29) is 34.7 Å². The first kappa shape index (κ1) is 19.7. The van der Waals surface area contributed by atoms with Crippen LogP contribution < -0.4 is 5.32 Å². The molecule has 0 saturated carbocycles. The SMILES string of the molecule is C=CCN1C(=O)c2ccc(C(=O)OCC(=O)N[C@@H]3CCS(=O)(=O)C3)cc2C1=O.